The Hall–Kier alpha value is -5.97. The zero-order chi connectivity index (χ0) is 38.0. The molecule has 1 atom stereocenters. The maximum atomic E-state index is 12.9. The summed E-state index contributed by atoms with van der Waals surface area (Å²) in [5.74, 6) is -4.09. The largest absolute Gasteiger partial charge is 0.480 e. The number of aliphatic carboxylic acids is 1. The van der Waals surface area contributed by atoms with E-state index < -0.39 is 54.1 Å². The van der Waals surface area contributed by atoms with Gasteiger partial charge in [0.05, 0.1) is 5.54 Å². The Morgan fingerprint density at radius 3 is 2.11 bits per heavy atom. The molecule has 0 saturated heterocycles. The normalized spacial score (nSPS) is 13.6. The van der Waals surface area contributed by atoms with Crippen LogP contribution in [0, 0.1) is 0 Å². The van der Waals surface area contributed by atoms with Crippen LogP contribution in [0.5, 0.6) is 6.01 Å². The number of carboxylic acids is 1. The molecule has 18 heteroatoms. The van der Waals surface area contributed by atoms with E-state index in [4.69, 9.17) is 16.3 Å². The number of carboxylic acid groups (broad SMARTS) is 1. The molecule has 53 heavy (non-hydrogen) atoms. The maximum Gasteiger partial charge on any atom is 0.422 e. The number of amides is 3. The molecule has 278 valence electrons. The Morgan fingerprint density at radius 2 is 1.49 bits per heavy atom. The van der Waals surface area contributed by atoms with Crippen molar-refractivity contribution < 1.29 is 42.2 Å². The molecule has 0 bridgehead atoms. The number of anilines is 3. The van der Waals surface area contributed by atoms with Gasteiger partial charge in [0.1, 0.15) is 6.04 Å². The first-order valence-electron chi connectivity index (χ1n) is 16.3. The Morgan fingerprint density at radius 1 is 0.849 bits per heavy atom. The van der Waals surface area contributed by atoms with Gasteiger partial charge in [-0.25, -0.2) is 4.79 Å². The number of halogens is 4. The number of hydrogen-bond donors (Lipinski definition) is 6. The molecule has 3 aromatic carbocycles. The number of carbonyl (C=O) groups excluding carboxylic acids is 3. The van der Waals surface area contributed by atoms with Gasteiger partial charge < -0.3 is 36.4 Å². The fourth-order valence-electron chi connectivity index (χ4n) is 5.06. The van der Waals surface area contributed by atoms with E-state index in [9.17, 15) is 37.5 Å². The van der Waals surface area contributed by atoms with E-state index in [0.29, 0.717) is 30.0 Å². The van der Waals surface area contributed by atoms with E-state index in [1.54, 1.807) is 12.1 Å². The summed E-state index contributed by atoms with van der Waals surface area (Å²) in [5, 5.41) is 23.4. The van der Waals surface area contributed by atoms with Crippen molar-refractivity contribution in [3.8, 4) is 6.01 Å². The number of alkyl halides is 3. The van der Waals surface area contributed by atoms with Crippen molar-refractivity contribution in [1.82, 2.24) is 30.9 Å². The molecule has 1 saturated carbocycles. The van der Waals surface area contributed by atoms with Crippen LogP contribution in [0.15, 0.2) is 78.9 Å². The molecular formula is C35H34ClF3N8O6. The van der Waals surface area contributed by atoms with Crippen LogP contribution in [0.3, 0.4) is 0 Å². The molecule has 0 spiro atoms. The number of hydrogen-bond acceptors (Lipinski definition) is 10. The summed E-state index contributed by atoms with van der Waals surface area (Å²) in [6, 6.07) is 20.1. The van der Waals surface area contributed by atoms with Gasteiger partial charge in [0.15, 0.2) is 6.61 Å². The number of nitrogens with one attached hydrogen (secondary N) is 5. The first-order valence-corrected chi connectivity index (χ1v) is 16.7. The lowest BCUT2D eigenvalue weighted by Crippen LogP contribution is -2.45. The zero-order valence-corrected chi connectivity index (χ0v) is 28.6. The third-order valence-electron chi connectivity index (χ3n) is 7.95. The first-order chi connectivity index (χ1) is 25.3. The lowest BCUT2D eigenvalue weighted by atomic mass is 10.1. The number of nitrogens with zero attached hydrogens (tertiary/aromatic N) is 3. The molecule has 5 rings (SSSR count). The van der Waals surface area contributed by atoms with Crippen LogP contribution in [0.25, 0.3) is 0 Å². The molecule has 0 radical (unpaired) electrons. The SMILES string of the molecule is O=C(NCCc1ccccc1)C(=O)NCC[C@H](NC(=O)c1ccc(Nc2nc(NC3(c4ccc(Cl)cc4)CC3)nc(OCC(F)(F)F)n2)cc1)C(=O)O. The van der Waals surface area contributed by atoms with Gasteiger partial charge >= 0.3 is 30.0 Å². The van der Waals surface area contributed by atoms with Crippen LogP contribution >= 0.6 is 11.6 Å². The number of benzene rings is 3. The van der Waals surface area contributed by atoms with Crippen LogP contribution in [-0.4, -0.2) is 75.7 Å². The minimum absolute atomic E-state index is 0.0392. The van der Waals surface area contributed by atoms with Crippen molar-refractivity contribution in [3.05, 3.63) is 101 Å². The van der Waals surface area contributed by atoms with Gasteiger partial charge in [-0.05, 0) is 73.2 Å². The standard InChI is InChI=1S/C35H34ClF3N8O6/c36-24-10-8-23(9-11-24)34(16-17-34)47-32-44-31(45-33(46-32)53-20-35(37,38)39)42-25-12-6-22(7-13-25)27(48)43-26(30(51)52)15-19-41-29(50)28(49)40-18-14-21-4-2-1-3-5-21/h1-13,26H,14-20H2,(H,40,49)(H,41,50)(H,43,48)(H,51,52)(H2,42,44,45,46,47)/t26-/m0/s1. The molecule has 1 aliphatic rings. The Kier molecular flexibility index (Phi) is 12.3. The fourth-order valence-corrected chi connectivity index (χ4v) is 5.19. The van der Waals surface area contributed by atoms with Gasteiger partial charge in [0.2, 0.25) is 11.9 Å². The topological polar surface area (TPSA) is 197 Å². The molecule has 3 amide bonds. The lowest BCUT2D eigenvalue weighted by Gasteiger charge is -2.19. The summed E-state index contributed by atoms with van der Waals surface area (Å²) in [4.78, 5) is 61.2. The molecule has 1 heterocycles. The summed E-state index contributed by atoms with van der Waals surface area (Å²) in [7, 11) is 0. The summed E-state index contributed by atoms with van der Waals surface area (Å²) in [5.41, 5.74) is 1.72. The number of rotatable bonds is 16. The van der Waals surface area contributed by atoms with Gasteiger partial charge in [-0.1, -0.05) is 54.1 Å². The summed E-state index contributed by atoms with van der Waals surface area (Å²) in [6.07, 6.45) is -2.92. The second-order valence-electron chi connectivity index (χ2n) is 12.0. The van der Waals surface area contributed by atoms with E-state index in [-0.39, 0.29) is 37.0 Å². The van der Waals surface area contributed by atoms with Crippen LogP contribution in [0.4, 0.5) is 30.8 Å². The van der Waals surface area contributed by atoms with Crippen molar-refractivity contribution in [2.45, 2.75) is 43.4 Å². The molecule has 1 fully saturated rings. The highest BCUT2D eigenvalue weighted by atomic mass is 35.5. The number of aromatic nitrogens is 3. The van der Waals surface area contributed by atoms with E-state index in [1.807, 2.05) is 42.5 Å². The Balaban J connectivity index is 1.16. The predicted octanol–water partition coefficient (Wildman–Crippen LogP) is 4.36. The van der Waals surface area contributed by atoms with Crippen molar-refractivity contribution in [1.29, 1.82) is 0 Å². The van der Waals surface area contributed by atoms with Gasteiger partial charge in [-0.15, -0.1) is 0 Å². The monoisotopic (exact) mass is 754 g/mol. The Labute approximate surface area is 305 Å². The molecule has 14 nitrogen and oxygen atoms in total. The van der Waals surface area contributed by atoms with Crippen LogP contribution in [0.2, 0.25) is 5.02 Å². The molecule has 0 aliphatic heterocycles. The molecule has 4 aromatic rings. The maximum absolute atomic E-state index is 12.9. The van der Waals surface area contributed by atoms with E-state index >= 15 is 0 Å². The second-order valence-corrected chi connectivity index (χ2v) is 12.4. The average Bonchev–Trinajstić information content (AvgIpc) is 3.91. The van der Waals surface area contributed by atoms with Crippen molar-refractivity contribution >= 4 is 52.9 Å². The lowest BCUT2D eigenvalue weighted by molar-refractivity contribution is -0.154. The van der Waals surface area contributed by atoms with E-state index in [2.05, 4.69) is 41.5 Å². The summed E-state index contributed by atoms with van der Waals surface area (Å²) in [6.45, 7) is -1.60. The van der Waals surface area contributed by atoms with Crippen LogP contribution in [-0.2, 0) is 26.3 Å². The minimum atomic E-state index is -4.64. The third kappa shape index (κ3) is 11.5. The van der Waals surface area contributed by atoms with Gasteiger partial charge in [-0.2, -0.15) is 28.1 Å². The highest BCUT2D eigenvalue weighted by Gasteiger charge is 2.45. The highest BCUT2D eigenvalue weighted by molar-refractivity contribution is 6.35. The third-order valence-corrected chi connectivity index (χ3v) is 8.20. The second kappa shape index (κ2) is 17.0. The van der Waals surface area contributed by atoms with Gasteiger partial charge in [0, 0.05) is 29.4 Å². The number of ether oxygens (including phenoxy) is 1. The quantitative estimate of drug-likeness (QED) is 0.0890. The van der Waals surface area contributed by atoms with Gasteiger partial charge in [0.25, 0.3) is 5.91 Å². The zero-order valence-electron chi connectivity index (χ0n) is 27.9. The van der Waals surface area contributed by atoms with Crippen LogP contribution < -0.4 is 31.3 Å². The van der Waals surface area contributed by atoms with Crippen molar-refractivity contribution in [3.63, 3.8) is 0 Å². The Bertz CT molecular complexity index is 1910. The van der Waals surface area contributed by atoms with Crippen molar-refractivity contribution in [2.24, 2.45) is 0 Å². The molecule has 1 aromatic heterocycles. The fraction of sp³-hybridized carbons (Fsp3) is 0.286. The van der Waals surface area contributed by atoms with Crippen molar-refractivity contribution in [2.75, 3.05) is 30.3 Å². The summed E-state index contributed by atoms with van der Waals surface area (Å²) >= 11 is 6.02. The van der Waals surface area contributed by atoms with Gasteiger partial charge in [-0.3, -0.25) is 14.4 Å². The first kappa shape index (κ1) is 38.3. The predicted molar refractivity (Wildman–Crippen MR) is 187 cm³/mol. The van der Waals surface area contributed by atoms with E-state index in [1.165, 1.54) is 24.3 Å². The minimum Gasteiger partial charge on any atom is -0.480 e. The summed E-state index contributed by atoms with van der Waals surface area (Å²) < 4.78 is 43.6. The molecule has 0 unspecified atom stereocenters. The molecular weight excluding hydrogens is 721 g/mol. The molecule has 6 N–H and O–H groups in total. The average molecular weight is 755 g/mol. The smallest absolute Gasteiger partial charge is 0.422 e. The molecule has 1 aliphatic carbocycles. The highest BCUT2D eigenvalue weighted by Crippen LogP contribution is 2.48. The van der Waals surface area contributed by atoms with E-state index in [0.717, 1.165) is 11.1 Å². The van der Waals surface area contributed by atoms with Crippen LogP contribution in [0.1, 0.15) is 40.7 Å². The number of carbonyl (C=O) groups is 4.